The van der Waals surface area contributed by atoms with E-state index in [2.05, 4.69) is 60.5 Å². The van der Waals surface area contributed by atoms with Crippen LogP contribution in [0.25, 0.3) is 0 Å². The van der Waals surface area contributed by atoms with E-state index >= 15 is 0 Å². The lowest BCUT2D eigenvalue weighted by molar-refractivity contribution is 0.0758. The maximum absolute atomic E-state index is 10.4. The summed E-state index contributed by atoms with van der Waals surface area (Å²) in [6.45, 7) is 1.84. The zero-order chi connectivity index (χ0) is 20.8. The van der Waals surface area contributed by atoms with Gasteiger partial charge in [0, 0.05) is 12.5 Å². The predicted octanol–water partition coefficient (Wildman–Crippen LogP) is 4.68. The molecule has 0 spiro atoms. The number of nitrogens with zero attached hydrogens (tertiary/aromatic N) is 1. The Hall–Kier alpha value is -2.62. The molecule has 4 rings (SSSR count). The Labute approximate surface area is 179 Å². The van der Waals surface area contributed by atoms with Crippen LogP contribution in [0, 0.1) is 0 Å². The van der Waals surface area contributed by atoms with Gasteiger partial charge in [0.05, 0.1) is 0 Å². The van der Waals surface area contributed by atoms with Crippen LogP contribution in [-0.4, -0.2) is 42.9 Å². The minimum atomic E-state index is -0.510. The third-order valence-corrected chi connectivity index (χ3v) is 6.03. The smallest absolute Gasteiger partial charge is 0.119 e. The highest BCUT2D eigenvalue weighted by atomic mass is 16.5. The van der Waals surface area contributed by atoms with Crippen molar-refractivity contribution in [1.82, 2.24) is 4.90 Å². The predicted molar refractivity (Wildman–Crippen MR) is 122 cm³/mol. The van der Waals surface area contributed by atoms with Crippen LogP contribution < -0.4 is 4.74 Å². The first-order valence-electron chi connectivity index (χ1n) is 10.9. The van der Waals surface area contributed by atoms with Gasteiger partial charge in [0.1, 0.15) is 18.5 Å². The molecule has 0 aromatic heterocycles. The number of ether oxygens (including phenoxy) is 1. The summed E-state index contributed by atoms with van der Waals surface area (Å²) in [5.74, 6) is 1.20. The van der Waals surface area contributed by atoms with E-state index in [1.807, 2.05) is 30.3 Å². The van der Waals surface area contributed by atoms with E-state index in [0.29, 0.717) is 19.1 Å². The van der Waals surface area contributed by atoms with Crippen LogP contribution in [0.1, 0.15) is 34.6 Å². The van der Waals surface area contributed by atoms with Crippen LogP contribution >= 0.6 is 0 Å². The molecule has 1 unspecified atom stereocenters. The fourth-order valence-corrected chi connectivity index (χ4v) is 4.51. The molecule has 0 saturated carbocycles. The van der Waals surface area contributed by atoms with Gasteiger partial charge in [-0.15, -0.1) is 0 Å². The molecule has 3 heteroatoms. The summed E-state index contributed by atoms with van der Waals surface area (Å²) in [7, 11) is 2.08. The molecule has 1 atom stereocenters. The van der Waals surface area contributed by atoms with Gasteiger partial charge >= 0.3 is 0 Å². The number of aryl methyl sites for hydroxylation is 2. The number of likely N-dealkylation sites (N-methyl/N-ethyl adjacent to an activating group) is 1. The van der Waals surface area contributed by atoms with Gasteiger partial charge in [0.2, 0.25) is 0 Å². The standard InChI is InChI=1S/C27H31NO2/c1-28(19-23(29)20-30-24-11-3-2-4-12-24)18-17-27-25-13-7-5-9-21(25)15-16-22-10-6-8-14-26(22)27/h2-14,23,27,29H,15-20H2,1H3. The quantitative estimate of drug-likeness (QED) is 0.595. The summed E-state index contributed by atoms with van der Waals surface area (Å²) in [5.41, 5.74) is 5.86. The van der Waals surface area contributed by atoms with E-state index in [1.165, 1.54) is 22.3 Å². The highest BCUT2D eigenvalue weighted by Gasteiger charge is 2.23. The van der Waals surface area contributed by atoms with Crippen molar-refractivity contribution in [3.63, 3.8) is 0 Å². The van der Waals surface area contributed by atoms with Crippen LogP contribution in [0.3, 0.4) is 0 Å². The van der Waals surface area contributed by atoms with Crippen molar-refractivity contribution in [3.8, 4) is 5.75 Å². The van der Waals surface area contributed by atoms with Crippen LogP contribution in [0.5, 0.6) is 5.75 Å². The number of benzene rings is 3. The molecule has 1 aliphatic carbocycles. The van der Waals surface area contributed by atoms with Crippen molar-refractivity contribution in [2.24, 2.45) is 0 Å². The van der Waals surface area contributed by atoms with E-state index in [0.717, 1.165) is 31.6 Å². The molecule has 0 aliphatic heterocycles. The molecule has 0 heterocycles. The molecule has 0 saturated heterocycles. The highest BCUT2D eigenvalue weighted by molar-refractivity contribution is 5.44. The van der Waals surface area contributed by atoms with Gasteiger partial charge in [-0.1, -0.05) is 66.7 Å². The van der Waals surface area contributed by atoms with Crippen LogP contribution in [0.2, 0.25) is 0 Å². The van der Waals surface area contributed by atoms with Crippen LogP contribution in [0.15, 0.2) is 78.9 Å². The molecule has 1 aliphatic rings. The summed E-state index contributed by atoms with van der Waals surface area (Å²) in [6, 6.07) is 27.5. The number of aliphatic hydroxyl groups excluding tert-OH is 1. The lowest BCUT2D eigenvalue weighted by atomic mass is 9.85. The molecule has 0 bridgehead atoms. The Morgan fingerprint density at radius 3 is 2.07 bits per heavy atom. The average molecular weight is 402 g/mol. The summed E-state index contributed by atoms with van der Waals surface area (Å²) in [6.07, 6.45) is 2.74. The van der Waals surface area contributed by atoms with Crippen molar-refractivity contribution in [2.45, 2.75) is 31.3 Å². The first kappa shape index (κ1) is 20.6. The van der Waals surface area contributed by atoms with Gasteiger partial charge in [-0.05, 0) is 67.2 Å². The number of fused-ring (bicyclic) bond motifs is 2. The van der Waals surface area contributed by atoms with Crippen molar-refractivity contribution in [2.75, 3.05) is 26.7 Å². The Morgan fingerprint density at radius 1 is 0.867 bits per heavy atom. The minimum Gasteiger partial charge on any atom is -0.491 e. The van der Waals surface area contributed by atoms with Gasteiger partial charge in [-0.2, -0.15) is 0 Å². The van der Waals surface area contributed by atoms with Gasteiger partial charge < -0.3 is 14.7 Å². The van der Waals surface area contributed by atoms with Crippen LogP contribution in [0.4, 0.5) is 0 Å². The van der Waals surface area contributed by atoms with Gasteiger partial charge in [0.15, 0.2) is 0 Å². The van der Waals surface area contributed by atoms with E-state index < -0.39 is 6.10 Å². The van der Waals surface area contributed by atoms with Gasteiger partial charge in [-0.3, -0.25) is 0 Å². The number of rotatable bonds is 8. The largest absolute Gasteiger partial charge is 0.491 e. The molecule has 156 valence electrons. The molecule has 3 nitrogen and oxygen atoms in total. The van der Waals surface area contributed by atoms with Crippen molar-refractivity contribution >= 4 is 0 Å². The molecule has 0 fully saturated rings. The molecule has 0 radical (unpaired) electrons. The zero-order valence-corrected chi connectivity index (χ0v) is 17.7. The third-order valence-electron chi connectivity index (χ3n) is 6.03. The Morgan fingerprint density at radius 2 is 1.43 bits per heavy atom. The zero-order valence-electron chi connectivity index (χ0n) is 17.7. The molecule has 3 aromatic rings. The first-order chi connectivity index (χ1) is 14.7. The third kappa shape index (κ3) is 5.10. The van der Waals surface area contributed by atoms with E-state index in [4.69, 9.17) is 4.74 Å². The van der Waals surface area contributed by atoms with Crippen LogP contribution in [-0.2, 0) is 12.8 Å². The van der Waals surface area contributed by atoms with Crippen molar-refractivity contribution in [3.05, 3.63) is 101 Å². The molecule has 0 amide bonds. The van der Waals surface area contributed by atoms with Crippen molar-refractivity contribution < 1.29 is 9.84 Å². The first-order valence-corrected chi connectivity index (χ1v) is 10.9. The Bertz CT molecular complexity index is 893. The van der Waals surface area contributed by atoms with Crippen molar-refractivity contribution in [1.29, 1.82) is 0 Å². The molecule has 30 heavy (non-hydrogen) atoms. The SMILES string of the molecule is CN(CCC1c2ccccc2CCc2ccccc21)CC(O)COc1ccccc1. The molecule has 1 N–H and O–H groups in total. The van der Waals surface area contributed by atoms with E-state index in [9.17, 15) is 5.11 Å². The fourth-order valence-electron chi connectivity index (χ4n) is 4.51. The maximum Gasteiger partial charge on any atom is 0.119 e. The van der Waals surface area contributed by atoms with E-state index in [-0.39, 0.29) is 0 Å². The maximum atomic E-state index is 10.4. The fraction of sp³-hybridized carbons (Fsp3) is 0.333. The average Bonchev–Trinajstić information content (AvgIpc) is 2.94. The Balaban J connectivity index is 1.38. The molecule has 3 aromatic carbocycles. The normalized spacial score (nSPS) is 14.6. The second kappa shape index (κ2) is 9.92. The molecular formula is C27H31NO2. The number of aliphatic hydroxyl groups is 1. The highest BCUT2D eigenvalue weighted by Crippen LogP contribution is 2.36. The summed E-state index contributed by atoms with van der Waals surface area (Å²) in [4.78, 5) is 2.22. The number of hydrogen-bond donors (Lipinski definition) is 1. The summed E-state index contributed by atoms with van der Waals surface area (Å²) >= 11 is 0. The minimum absolute atomic E-state index is 0.309. The van der Waals surface area contributed by atoms with E-state index in [1.54, 1.807) is 0 Å². The van der Waals surface area contributed by atoms with Gasteiger partial charge in [-0.25, -0.2) is 0 Å². The lowest BCUT2D eigenvalue weighted by Gasteiger charge is -2.25. The summed E-state index contributed by atoms with van der Waals surface area (Å²) in [5, 5.41) is 10.4. The van der Waals surface area contributed by atoms with Gasteiger partial charge in [0.25, 0.3) is 0 Å². The molecular weight excluding hydrogens is 370 g/mol. The second-order valence-electron chi connectivity index (χ2n) is 8.28. The summed E-state index contributed by atoms with van der Waals surface area (Å²) < 4.78 is 5.70. The number of hydrogen-bond acceptors (Lipinski definition) is 3. The monoisotopic (exact) mass is 401 g/mol. The number of para-hydroxylation sites is 1. The lowest BCUT2D eigenvalue weighted by Crippen LogP contribution is -2.34. The Kier molecular flexibility index (Phi) is 6.83. The second-order valence-corrected chi connectivity index (χ2v) is 8.28. The topological polar surface area (TPSA) is 32.7 Å².